The van der Waals surface area contributed by atoms with E-state index in [1.165, 1.54) is 4.57 Å². The van der Waals surface area contributed by atoms with Crippen LogP contribution in [0.3, 0.4) is 0 Å². The first-order valence-electron chi connectivity index (χ1n) is 9.35. The molecular formula is C19H24N8O. The van der Waals surface area contributed by atoms with Gasteiger partial charge in [0.1, 0.15) is 11.5 Å². The Kier molecular flexibility index (Phi) is 5.14. The Hall–Kier alpha value is -3.09. The minimum atomic E-state index is -0.136. The van der Waals surface area contributed by atoms with Crippen molar-refractivity contribution in [1.82, 2.24) is 24.8 Å². The quantitative estimate of drug-likeness (QED) is 0.656. The zero-order valence-electron chi connectivity index (χ0n) is 16.1. The van der Waals surface area contributed by atoms with Gasteiger partial charge in [0.25, 0.3) is 5.56 Å². The highest BCUT2D eigenvalue weighted by Crippen LogP contribution is 2.32. The van der Waals surface area contributed by atoms with Gasteiger partial charge in [-0.3, -0.25) is 14.3 Å². The normalized spacial score (nSPS) is 18.8. The number of rotatable bonds is 4. The molecule has 28 heavy (non-hydrogen) atoms. The van der Waals surface area contributed by atoms with Crippen molar-refractivity contribution in [3.63, 3.8) is 0 Å². The number of fused-ring (bicyclic) bond motifs is 1. The molecule has 0 bridgehead atoms. The highest BCUT2D eigenvalue weighted by molar-refractivity contribution is 5.73. The Morgan fingerprint density at radius 3 is 2.86 bits per heavy atom. The van der Waals surface area contributed by atoms with Crippen molar-refractivity contribution in [2.24, 2.45) is 7.05 Å². The number of anilines is 4. The average molecular weight is 380 g/mol. The molecule has 0 radical (unpaired) electrons. The van der Waals surface area contributed by atoms with Gasteiger partial charge in [0.2, 0.25) is 5.95 Å². The fourth-order valence-corrected chi connectivity index (χ4v) is 3.48. The molecule has 2 aliphatic heterocycles. The van der Waals surface area contributed by atoms with Gasteiger partial charge >= 0.3 is 0 Å². The van der Waals surface area contributed by atoms with Crippen LogP contribution in [0.1, 0.15) is 6.92 Å². The molecule has 4 rings (SSSR count). The van der Waals surface area contributed by atoms with Crippen LogP contribution in [0.2, 0.25) is 0 Å². The molecule has 0 aliphatic carbocycles. The Morgan fingerprint density at radius 1 is 1.32 bits per heavy atom. The predicted octanol–water partition coefficient (Wildman–Crippen LogP) is 0.363. The fraction of sp³-hybridized carbons (Fsp3) is 0.421. The Morgan fingerprint density at radius 2 is 2.14 bits per heavy atom. The molecule has 2 aromatic heterocycles. The molecule has 2 aliphatic rings. The average Bonchev–Trinajstić information content (AvgIpc) is 3.10. The lowest BCUT2D eigenvalue weighted by Crippen LogP contribution is -2.56. The van der Waals surface area contributed by atoms with E-state index >= 15 is 0 Å². The largest absolute Gasteiger partial charge is 0.335 e. The van der Waals surface area contributed by atoms with E-state index < -0.39 is 0 Å². The molecule has 0 amide bonds. The van der Waals surface area contributed by atoms with E-state index in [9.17, 15) is 4.79 Å². The summed E-state index contributed by atoms with van der Waals surface area (Å²) in [6.45, 7) is 5.89. The van der Waals surface area contributed by atoms with Crippen molar-refractivity contribution in [2.75, 3.05) is 48.3 Å². The third-order valence-corrected chi connectivity index (χ3v) is 4.94. The molecule has 0 aromatic carbocycles. The van der Waals surface area contributed by atoms with Gasteiger partial charge in [-0.05, 0) is 19.1 Å². The molecule has 1 atom stereocenters. The van der Waals surface area contributed by atoms with Crippen LogP contribution in [0.4, 0.5) is 23.3 Å². The van der Waals surface area contributed by atoms with Crippen LogP contribution in [0, 0.1) is 11.8 Å². The second-order valence-electron chi connectivity index (χ2n) is 6.70. The molecule has 146 valence electrons. The molecule has 2 aromatic rings. The number of nitrogens with zero attached hydrogens (tertiary/aromatic N) is 5. The number of hydrogen-bond donors (Lipinski definition) is 3. The fourth-order valence-electron chi connectivity index (χ4n) is 3.48. The van der Waals surface area contributed by atoms with E-state index in [4.69, 9.17) is 0 Å². The summed E-state index contributed by atoms with van der Waals surface area (Å²) in [7, 11) is 1.71. The molecule has 3 N–H and O–H groups in total. The molecular weight excluding hydrogens is 356 g/mol. The van der Waals surface area contributed by atoms with Gasteiger partial charge in [0.15, 0.2) is 12.1 Å². The van der Waals surface area contributed by atoms with Gasteiger partial charge in [-0.1, -0.05) is 12.0 Å². The number of hydrogen-bond acceptors (Lipinski definition) is 8. The van der Waals surface area contributed by atoms with E-state index in [-0.39, 0.29) is 11.8 Å². The minimum absolute atomic E-state index is 0.119. The molecule has 4 heterocycles. The van der Waals surface area contributed by atoms with Crippen molar-refractivity contribution < 1.29 is 0 Å². The van der Waals surface area contributed by atoms with E-state index in [1.807, 2.05) is 23.1 Å². The van der Waals surface area contributed by atoms with Crippen LogP contribution in [-0.2, 0) is 7.05 Å². The summed E-state index contributed by atoms with van der Waals surface area (Å²) >= 11 is 0. The van der Waals surface area contributed by atoms with Crippen LogP contribution >= 0.6 is 0 Å². The van der Waals surface area contributed by atoms with Crippen LogP contribution in [0.25, 0.3) is 0 Å². The van der Waals surface area contributed by atoms with Crippen molar-refractivity contribution in [3.8, 4) is 11.8 Å². The van der Waals surface area contributed by atoms with Crippen LogP contribution < -0.4 is 26.4 Å². The highest BCUT2D eigenvalue weighted by Gasteiger charge is 2.37. The lowest BCUT2D eigenvalue weighted by Gasteiger charge is -2.37. The minimum Gasteiger partial charge on any atom is -0.335 e. The van der Waals surface area contributed by atoms with E-state index in [0.29, 0.717) is 29.8 Å². The molecule has 9 nitrogen and oxygen atoms in total. The van der Waals surface area contributed by atoms with Gasteiger partial charge in [0.05, 0.1) is 6.54 Å². The lowest BCUT2D eigenvalue weighted by atomic mass is 10.3. The summed E-state index contributed by atoms with van der Waals surface area (Å²) in [6.07, 6.45) is 1.56. The third-order valence-electron chi connectivity index (χ3n) is 4.94. The first-order valence-corrected chi connectivity index (χ1v) is 9.35. The van der Waals surface area contributed by atoms with Crippen molar-refractivity contribution in [1.29, 1.82) is 0 Å². The van der Waals surface area contributed by atoms with Crippen molar-refractivity contribution >= 4 is 23.3 Å². The lowest BCUT2D eigenvalue weighted by molar-refractivity contribution is 0.191. The molecule has 1 unspecified atom stereocenters. The van der Waals surface area contributed by atoms with Crippen LogP contribution in [0.5, 0.6) is 0 Å². The smallest absolute Gasteiger partial charge is 0.280 e. The first-order chi connectivity index (χ1) is 13.7. The van der Waals surface area contributed by atoms with Crippen molar-refractivity contribution in [2.45, 2.75) is 13.2 Å². The van der Waals surface area contributed by atoms with Gasteiger partial charge in [0, 0.05) is 39.4 Å². The second kappa shape index (κ2) is 7.88. The molecule has 1 fully saturated rings. The SMILES string of the molecule is CC#CCN1c2c(nc(Nc3ccccn3)n(C)c2=O)NC1N1CCNCC1. The summed E-state index contributed by atoms with van der Waals surface area (Å²) in [5.41, 5.74) is 0.437. The number of nitrogens with one attached hydrogen (secondary N) is 3. The highest BCUT2D eigenvalue weighted by atomic mass is 16.1. The Labute approximate surface area is 163 Å². The summed E-state index contributed by atoms with van der Waals surface area (Å²) in [4.78, 5) is 26.4. The summed E-state index contributed by atoms with van der Waals surface area (Å²) in [5, 5.41) is 9.91. The van der Waals surface area contributed by atoms with Gasteiger partial charge < -0.3 is 20.9 Å². The van der Waals surface area contributed by atoms with E-state index in [2.05, 4.69) is 42.7 Å². The molecule has 0 spiro atoms. The maximum absolute atomic E-state index is 13.2. The number of aromatic nitrogens is 3. The molecule has 0 saturated carbocycles. The van der Waals surface area contributed by atoms with E-state index in [0.717, 1.165) is 26.2 Å². The third kappa shape index (κ3) is 3.40. The summed E-state index contributed by atoms with van der Waals surface area (Å²) < 4.78 is 1.52. The van der Waals surface area contributed by atoms with Gasteiger partial charge in [-0.15, -0.1) is 5.92 Å². The number of pyridine rings is 1. The van der Waals surface area contributed by atoms with Gasteiger partial charge in [-0.2, -0.15) is 4.98 Å². The summed E-state index contributed by atoms with van der Waals surface area (Å²) in [5.74, 6) is 7.67. The zero-order chi connectivity index (χ0) is 19.5. The molecule has 1 saturated heterocycles. The second-order valence-corrected chi connectivity index (χ2v) is 6.70. The maximum Gasteiger partial charge on any atom is 0.280 e. The van der Waals surface area contributed by atoms with Crippen LogP contribution in [-0.4, -0.2) is 58.4 Å². The van der Waals surface area contributed by atoms with E-state index in [1.54, 1.807) is 20.2 Å². The molecule has 9 heteroatoms. The number of piperazine rings is 1. The first kappa shape index (κ1) is 18.3. The maximum atomic E-state index is 13.2. The predicted molar refractivity (Wildman–Crippen MR) is 110 cm³/mol. The van der Waals surface area contributed by atoms with Crippen LogP contribution in [0.15, 0.2) is 29.2 Å². The van der Waals surface area contributed by atoms with Gasteiger partial charge in [-0.25, -0.2) is 4.98 Å². The van der Waals surface area contributed by atoms with Crippen molar-refractivity contribution in [3.05, 3.63) is 34.7 Å². The standard InChI is InChI=1S/C19H24N8O/c1-3-4-11-27-15-16(24-19(27)26-12-9-20-10-13-26)23-18(25(2)17(15)28)22-14-7-5-6-8-21-14/h5-8,19-20,24H,9-13H2,1-2H3,(H,21,22,23). The monoisotopic (exact) mass is 380 g/mol. The zero-order valence-corrected chi connectivity index (χ0v) is 16.1. The summed E-state index contributed by atoms with van der Waals surface area (Å²) in [6, 6.07) is 5.55. The Balaban J connectivity index is 1.71. The Bertz CT molecular complexity index is 956. The topological polar surface area (TPSA) is 90.3 Å².